The van der Waals surface area contributed by atoms with Crippen LogP contribution in [0.3, 0.4) is 0 Å². The number of carbonyl (C=O) groups excluding carboxylic acids is 1. The predicted molar refractivity (Wildman–Crippen MR) is 76.5 cm³/mol. The standard InChI is InChI=1S/C15H23N3O/c1-12-8-9-18(11-13-6-4-3-5-7-13)14(10-16)15(19)17(12)2/h3-7,12,14H,8-11,16H2,1-2H3. The highest BCUT2D eigenvalue weighted by Crippen LogP contribution is 2.17. The summed E-state index contributed by atoms with van der Waals surface area (Å²) in [6.07, 6.45) is 0.992. The molecule has 104 valence electrons. The third kappa shape index (κ3) is 3.14. The van der Waals surface area contributed by atoms with Crippen molar-refractivity contribution in [3.8, 4) is 0 Å². The normalized spacial score (nSPS) is 25.4. The van der Waals surface area contributed by atoms with E-state index in [9.17, 15) is 4.79 Å². The number of hydrogen-bond donors (Lipinski definition) is 1. The van der Waals surface area contributed by atoms with E-state index in [1.54, 1.807) is 0 Å². The van der Waals surface area contributed by atoms with Crippen molar-refractivity contribution in [3.05, 3.63) is 35.9 Å². The number of likely N-dealkylation sites (N-methyl/N-ethyl adjacent to an activating group) is 1. The summed E-state index contributed by atoms with van der Waals surface area (Å²) >= 11 is 0. The van der Waals surface area contributed by atoms with E-state index in [1.807, 2.05) is 30.1 Å². The molecule has 19 heavy (non-hydrogen) atoms. The molecule has 1 saturated heterocycles. The van der Waals surface area contributed by atoms with Crippen molar-refractivity contribution >= 4 is 5.91 Å². The average Bonchev–Trinajstić information content (AvgIpc) is 2.53. The van der Waals surface area contributed by atoms with Crippen molar-refractivity contribution in [3.63, 3.8) is 0 Å². The Morgan fingerprint density at radius 3 is 2.63 bits per heavy atom. The first-order valence-corrected chi connectivity index (χ1v) is 6.88. The summed E-state index contributed by atoms with van der Waals surface area (Å²) in [5.74, 6) is 0.142. The molecule has 1 amide bonds. The molecule has 4 nitrogen and oxygen atoms in total. The molecule has 1 fully saturated rings. The number of nitrogens with two attached hydrogens (primary N) is 1. The minimum Gasteiger partial charge on any atom is -0.342 e. The van der Waals surface area contributed by atoms with Crippen LogP contribution in [0, 0.1) is 0 Å². The molecule has 1 aromatic rings. The molecule has 0 aromatic heterocycles. The lowest BCUT2D eigenvalue weighted by Gasteiger charge is -2.29. The molecule has 0 spiro atoms. The van der Waals surface area contributed by atoms with Crippen LogP contribution >= 0.6 is 0 Å². The number of amides is 1. The lowest BCUT2D eigenvalue weighted by molar-refractivity contribution is -0.135. The maximum absolute atomic E-state index is 12.4. The first-order chi connectivity index (χ1) is 9.13. The summed E-state index contributed by atoms with van der Waals surface area (Å²) < 4.78 is 0. The summed E-state index contributed by atoms with van der Waals surface area (Å²) in [4.78, 5) is 16.4. The van der Waals surface area contributed by atoms with Crippen LogP contribution in [0.2, 0.25) is 0 Å². The molecule has 1 aliphatic rings. The van der Waals surface area contributed by atoms with Crippen molar-refractivity contribution in [1.29, 1.82) is 0 Å². The van der Waals surface area contributed by atoms with E-state index in [0.717, 1.165) is 19.5 Å². The highest BCUT2D eigenvalue weighted by atomic mass is 16.2. The van der Waals surface area contributed by atoms with E-state index in [1.165, 1.54) is 5.56 Å². The zero-order valence-electron chi connectivity index (χ0n) is 11.7. The topological polar surface area (TPSA) is 49.6 Å². The van der Waals surface area contributed by atoms with Crippen LogP contribution in [-0.2, 0) is 11.3 Å². The minimum atomic E-state index is -0.199. The molecular weight excluding hydrogens is 238 g/mol. The summed E-state index contributed by atoms with van der Waals surface area (Å²) in [5.41, 5.74) is 7.05. The number of carbonyl (C=O) groups is 1. The molecule has 2 unspecified atom stereocenters. The van der Waals surface area contributed by atoms with Gasteiger partial charge in [0.2, 0.25) is 5.91 Å². The zero-order chi connectivity index (χ0) is 13.8. The van der Waals surface area contributed by atoms with Gasteiger partial charge in [0.25, 0.3) is 0 Å². The second kappa shape index (κ2) is 6.17. The number of benzene rings is 1. The molecule has 0 aliphatic carbocycles. The maximum atomic E-state index is 12.4. The first kappa shape index (κ1) is 14.0. The summed E-state index contributed by atoms with van der Waals surface area (Å²) in [5, 5.41) is 0. The van der Waals surface area contributed by atoms with Gasteiger partial charge in [0.05, 0.1) is 0 Å². The Hall–Kier alpha value is -1.39. The number of nitrogens with zero attached hydrogens (tertiary/aromatic N) is 2. The largest absolute Gasteiger partial charge is 0.342 e. The van der Waals surface area contributed by atoms with Crippen molar-refractivity contribution in [1.82, 2.24) is 9.80 Å². The van der Waals surface area contributed by atoms with Gasteiger partial charge in [-0.1, -0.05) is 30.3 Å². The minimum absolute atomic E-state index is 0.142. The van der Waals surface area contributed by atoms with Crippen LogP contribution in [0.5, 0.6) is 0 Å². The van der Waals surface area contributed by atoms with Gasteiger partial charge in [-0.3, -0.25) is 9.69 Å². The number of rotatable bonds is 3. The van der Waals surface area contributed by atoms with Crippen molar-refractivity contribution in [2.24, 2.45) is 5.73 Å². The quantitative estimate of drug-likeness (QED) is 0.885. The van der Waals surface area contributed by atoms with Crippen molar-refractivity contribution in [2.45, 2.75) is 32.0 Å². The van der Waals surface area contributed by atoms with Gasteiger partial charge >= 0.3 is 0 Å². The molecule has 2 rings (SSSR count). The monoisotopic (exact) mass is 261 g/mol. The fourth-order valence-electron chi connectivity index (χ4n) is 2.57. The van der Waals surface area contributed by atoms with Gasteiger partial charge in [-0.05, 0) is 18.9 Å². The second-order valence-electron chi connectivity index (χ2n) is 5.29. The van der Waals surface area contributed by atoms with Crippen LogP contribution in [0.25, 0.3) is 0 Å². The van der Waals surface area contributed by atoms with Gasteiger partial charge in [0, 0.05) is 32.7 Å². The van der Waals surface area contributed by atoms with E-state index in [-0.39, 0.29) is 18.0 Å². The molecule has 1 heterocycles. The van der Waals surface area contributed by atoms with Crippen LogP contribution in [-0.4, -0.2) is 47.9 Å². The Kier molecular flexibility index (Phi) is 4.56. The van der Waals surface area contributed by atoms with Gasteiger partial charge in [0.15, 0.2) is 0 Å². The van der Waals surface area contributed by atoms with E-state index in [0.29, 0.717) is 6.54 Å². The van der Waals surface area contributed by atoms with Gasteiger partial charge in [-0.15, -0.1) is 0 Å². The maximum Gasteiger partial charge on any atom is 0.241 e. The van der Waals surface area contributed by atoms with Crippen LogP contribution in [0.1, 0.15) is 18.9 Å². The van der Waals surface area contributed by atoms with Crippen LogP contribution in [0.4, 0.5) is 0 Å². The third-order valence-corrected chi connectivity index (χ3v) is 4.02. The molecule has 0 saturated carbocycles. The molecule has 1 aliphatic heterocycles. The Morgan fingerprint density at radius 1 is 1.32 bits per heavy atom. The molecule has 2 atom stereocenters. The van der Waals surface area contributed by atoms with Gasteiger partial charge in [0.1, 0.15) is 6.04 Å². The number of hydrogen-bond acceptors (Lipinski definition) is 3. The Morgan fingerprint density at radius 2 is 2.00 bits per heavy atom. The molecule has 1 aromatic carbocycles. The summed E-state index contributed by atoms with van der Waals surface area (Å²) in [6, 6.07) is 10.3. The van der Waals surface area contributed by atoms with Gasteiger partial charge < -0.3 is 10.6 Å². The van der Waals surface area contributed by atoms with E-state index >= 15 is 0 Å². The van der Waals surface area contributed by atoms with Gasteiger partial charge in [-0.2, -0.15) is 0 Å². The molecule has 0 radical (unpaired) electrons. The smallest absolute Gasteiger partial charge is 0.241 e. The predicted octanol–water partition coefficient (Wildman–Crippen LogP) is 1.07. The fourth-order valence-corrected chi connectivity index (χ4v) is 2.57. The highest BCUT2D eigenvalue weighted by molar-refractivity contribution is 5.82. The van der Waals surface area contributed by atoms with E-state index < -0.39 is 0 Å². The van der Waals surface area contributed by atoms with Crippen molar-refractivity contribution < 1.29 is 4.79 Å². The second-order valence-corrected chi connectivity index (χ2v) is 5.29. The Bertz CT molecular complexity index is 421. The van der Waals surface area contributed by atoms with Crippen LogP contribution < -0.4 is 5.73 Å². The molecular formula is C15H23N3O. The van der Waals surface area contributed by atoms with Crippen molar-refractivity contribution in [2.75, 3.05) is 20.1 Å². The lowest BCUT2D eigenvalue weighted by atomic mass is 10.1. The summed E-state index contributed by atoms with van der Waals surface area (Å²) in [7, 11) is 1.88. The lowest BCUT2D eigenvalue weighted by Crippen LogP contribution is -2.49. The third-order valence-electron chi connectivity index (χ3n) is 4.02. The van der Waals surface area contributed by atoms with Gasteiger partial charge in [-0.25, -0.2) is 0 Å². The first-order valence-electron chi connectivity index (χ1n) is 6.88. The molecule has 4 heteroatoms. The Labute approximate surface area is 115 Å². The van der Waals surface area contributed by atoms with E-state index in [2.05, 4.69) is 24.0 Å². The zero-order valence-corrected chi connectivity index (χ0v) is 11.7. The van der Waals surface area contributed by atoms with Crippen LogP contribution in [0.15, 0.2) is 30.3 Å². The molecule has 2 N–H and O–H groups in total. The van der Waals surface area contributed by atoms with E-state index in [4.69, 9.17) is 5.73 Å². The fraction of sp³-hybridized carbons (Fsp3) is 0.533. The summed E-state index contributed by atoms with van der Waals surface area (Å²) in [6.45, 7) is 4.17. The SMILES string of the molecule is CC1CCN(Cc2ccccc2)C(CN)C(=O)N1C. The average molecular weight is 261 g/mol. The molecule has 0 bridgehead atoms. The highest BCUT2D eigenvalue weighted by Gasteiger charge is 2.32. The Balaban J connectivity index is 2.16.